The van der Waals surface area contributed by atoms with Gasteiger partial charge in [0.05, 0.1) is 18.2 Å². The van der Waals surface area contributed by atoms with Crippen LogP contribution in [0.3, 0.4) is 0 Å². The number of hydrogen-bond donors (Lipinski definition) is 0. The minimum Gasteiger partial charge on any atom is -0.467 e. The fraction of sp³-hybridized carbons (Fsp3) is 0.444. The molecule has 1 aliphatic rings. The van der Waals surface area contributed by atoms with Crippen molar-refractivity contribution in [3.05, 3.63) is 45.0 Å². The molecule has 0 saturated carbocycles. The Morgan fingerprint density at radius 2 is 2.20 bits per heavy atom. The van der Waals surface area contributed by atoms with Crippen molar-refractivity contribution in [2.24, 2.45) is 0 Å². The van der Waals surface area contributed by atoms with Crippen molar-refractivity contribution in [3.8, 4) is 0 Å². The van der Waals surface area contributed by atoms with Crippen LogP contribution in [0.25, 0.3) is 10.2 Å². The molecule has 0 N–H and O–H groups in total. The predicted octanol–water partition coefficient (Wildman–Crippen LogP) is 4.43. The van der Waals surface area contributed by atoms with E-state index in [4.69, 9.17) is 9.40 Å². The van der Waals surface area contributed by atoms with Gasteiger partial charge in [-0.2, -0.15) is 11.8 Å². The van der Waals surface area contributed by atoms with Crippen LogP contribution in [-0.4, -0.2) is 27.3 Å². The number of hydrogen-bond acceptors (Lipinski definition) is 6. The molecule has 0 aliphatic heterocycles. The van der Waals surface area contributed by atoms with Crippen molar-refractivity contribution in [3.63, 3.8) is 0 Å². The molecule has 3 heterocycles. The zero-order chi connectivity index (χ0) is 17.2. The number of rotatable bonds is 6. The van der Waals surface area contributed by atoms with Crippen LogP contribution >= 0.6 is 34.9 Å². The summed E-state index contributed by atoms with van der Waals surface area (Å²) in [6.07, 6.45) is 8.23. The highest BCUT2D eigenvalue weighted by Crippen LogP contribution is 2.34. The quantitative estimate of drug-likeness (QED) is 0.353. The van der Waals surface area contributed by atoms with Gasteiger partial charge in [-0.3, -0.25) is 9.36 Å². The third-order valence-electron chi connectivity index (χ3n) is 4.45. The first-order chi connectivity index (χ1) is 12.3. The van der Waals surface area contributed by atoms with E-state index < -0.39 is 0 Å². The molecule has 7 heteroatoms. The Labute approximate surface area is 159 Å². The van der Waals surface area contributed by atoms with Gasteiger partial charge in [0.2, 0.25) is 0 Å². The highest BCUT2D eigenvalue weighted by molar-refractivity contribution is 8.02. The van der Waals surface area contributed by atoms with Gasteiger partial charge in [0.15, 0.2) is 5.16 Å². The lowest BCUT2D eigenvalue weighted by atomic mass is 9.97. The van der Waals surface area contributed by atoms with Crippen LogP contribution in [0.1, 0.15) is 29.0 Å². The Kier molecular flexibility index (Phi) is 5.24. The van der Waals surface area contributed by atoms with Gasteiger partial charge >= 0.3 is 0 Å². The molecule has 3 aromatic rings. The monoisotopic (exact) mass is 392 g/mol. The average Bonchev–Trinajstić information content (AvgIpc) is 3.25. The molecule has 25 heavy (non-hydrogen) atoms. The lowest BCUT2D eigenvalue weighted by Crippen LogP contribution is -2.24. The number of aromatic nitrogens is 2. The smallest absolute Gasteiger partial charge is 0.263 e. The average molecular weight is 393 g/mol. The summed E-state index contributed by atoms with van der Waals surface area (Å²) in [6.45, 7) is 0.445. The van der Waals surface area contributed by atoms with Crippen LogP contribution < -0.4 is 5.56 Å². The number of fused-ring (bicyclic) bond motifs is 3. The minimum atomic E-state index is 0.0902. The van der Waals surface area contributed by atoms with Crippen molar-refractivity contribution >= 4 is 45.1 Å². The van der Waals surface area contributed by atoms with E-state index in [0.717, 1.165) is 45.5 Å². The number of thiophene rings is 1. The molecule has 0 amide bonds. The standard InChI is InChI=1S/C18H20N2O2S3/c1-23-9-10-24-18-19-16-15(13-6-2-3-7-14(13)25-16)17(21)20(18)11-12-5-4-8-22-12/h4-5,8H,2-3,6-7,9-11H2,1H3. The number of nitrogens with zero attached hydrogens (tertiary/aromatic N) is 2. The third-order valence-corrected chi connectivity index (χ3v) is 7.49. The molecule has 0 aromatic carbocycles. The maximum absolute atomic E-state index is 13.3. The van der Waals surface area contributed by atoms with Crippen LogP contribution in [0.4, 0.5) is 0 Å². The number of thioether (sulfide) groups is 2. The van der Waals surface area contributed by atoms with Crippen LogP contribution in [0.5, 0.6) is 0 Å². The molecule has 4 nitrogen and oxygen atoms in total. The van der Waals surface area contributed by atoms with E-state index in [1.165, 1.54) is 23.3 Å². The zero-order valence-electron chi connectivity index (χ0n) is 14.1. The van der Waals surface area contributed by atoms with E-state index in [2.05, 4.69) is 6.26 Å². The molecule has 0 saturated heterocycles. The Balaban J connectivity index is 1.83. The van der Waals surface area contributed by atoms with Crippen molar-refractivity contribution in [1.82, 2.24) is 9.55 Å². The fourth-order valence-electron chi connectivity index (χ4n) is 3.24. The molecule has 4 rings (SSSR count). The first-order valence-corrected chi connectivity index (χ1v) is 11.7. The van der Waals surface area contributed by atoms with Gasteiger partial charge < -0.3 is 4.42 Å². The van der Waals surface area contributed by atoms with E-state index in [9.17, 15) is 4.79 Å². The topological polar surface area (TPSA) is 48.0 Å². The third kappa shape index (κ3) is 3.41. The second-order valence-corrected chi connectivity index (χ2v) is 9.23. The molecule has 3 aromatic heterocycles. The molecule has 132 valence electrons. The summed E-state index contributed by atoms with van der Waals surface area (Å²) < 4.78 is 7.28. The van der Waals surface area contributed by atoms with E-state index in [0.29, 0.717) is 6.54 Å². The van der Waals surface area contributed by atoms with Crippen LogP contribution in [0.2, 0.25) is 0 Å². The molecule has 0 bridgehead atoms. The highest BCUT2D eigenvalue weighted by Gasteiger charge is 2.22. The Hall–Kier alpha value is -1.18. The molecule has 0 fully saturated rings. The summed E-state index contributed by atoms with van der Waals surface area (Å²) in [6, 6.07) is 3.77. The van der Waals surface area contributed by atoms with E-state index in [-0.39, 0.29) is 5.56 Å². The zero-order valence-corrected chi connectivity index (χ0v) is 16.6. The van der Waals surface area contributed by atoms with Crippen molar-refractivity contribution in [2.75, 3.05) is 17.8 Å². The second kappa shape index (κ2) is 7.60. The van der Waals surface area contributed by atoms with Gasteiger partial charge in [0.25, 0.3) is 5.56 Å². The number of aryl methyl sites for hydroxylation is 2. The fourth-order valence-corrected chi connectivity index (χ4v) is 6.20. The molecular formula is C18H20N2O2S3. The van der Waals surface area contributed by atoms with Crippen molar-refractivity contribution in [1.29, 1.82) is 0 Å². The van der Waals surface area contributed by atoms with Crippen LogP contribution in [-0.2, 0) is 19.4 Å². The molecule has 0 radical (unpaired) electrons. The van der Waals surface area contributed by atoms with Gasteiger partial charge in [0.1, 0.15) is 10.6 Å². The molecular weight excluding hydrogens is 372 g/mol. The van der Waals surface area contributed by atoms with E-state index >= 15 is 0 Å². The molecule has 0 spiro atoms. The SMILES string of the molecule is CSCCSc1nc2sc3c(c2c(=O)n1Cc1ccco1)CCCC3. The van der Waals surface area contributed by atoms with Gasteiger partial charge in [-0.15, -0.1) is 11.3 Å². The summed E-state index contributed by atoms with van der Waals surface area (Å²) in [5.41, 5.74) is 1.34. The second-order valence-electron chi connectivity index (χ2n) is 6.10. The summed E-state index contributed by atoms with van der Waals surface area (Å²) in [5, 5.41) is 1.65. The Morgan fingerprint density at radius 1 is 1.32 bits per heavy atom. The van der Waals surface area contributed by atoms with Gasteiger partial charge in [-0.05, 0) is 49.6 Å². The molecule has 1 aliphatic carbocycles. The summed E-state index contributed by atoms with van der Waals surface area (Å²) >= 11 is 5.19. The first-order valence-electron chi connectivity index (χ1n) is 8.47. The Bertz CT molecular complexity index is 928. The maximum Gasteiger partial charge on any atom is 0.263 e. The summed E-state index contributed by atoms with van der Waals surface area (Å²) in [4.78, 5) is 20.5. The largest absolute Gasteiger partial charge is 0.467 e. The minimum absolute atomic E-state index is 0.0902. The van der Waals surface area contributed by atoms with Crippen molar-refractivity contribution in [2.45, 2.75) is 37.4 Å². The predicted molar refractivity (Wildman–Crippen MR) is 107 cm³/mol. The van der Waals surface area contributed by atoms with Gasteiger partial charge in [-0.25, -0.2) is 4.98 Å². The lowest BCUT2D eigenvalue weighted by molar-refractivity contribution is 0.476. The molecule has 0 unspecified atom stereocenters. The first kappa shape index (κ1) is 17.2. The van der Waals surface area contributed by atoms with E-state index in [1.807, 2.05) is 23.9 Å². The van der Waals surface area contributed by atoms with Crippen LogP contribution in [0, 0.1) is 0 Å². The number of furan rings is 1. The lowest BCUT2D eigenvalue weighted by Gasteiger charge is -2.12. The molecule has 0 atom stereocenters. The summed E-state index contributed by atoms with van der Waals surface area (Å²) in [7, 11) is 0. The van der Waals surface area contributed by atoms with Crippen molar-refractivity contribution < 1.29 is 4.42 Å². The van der Waals surface area contributed by atoms with Crippen LogP contribution in [0.15, 0.2) is 32.8 Å². The van der Waals surface area contributed by atoms with Gasteiger partial charge in [-0.1, -0.05) is 11.8 Å². The van der Waals surface area contributed by atoms with Gasteiger partial charge in [0, 0.05) is 16.4 Å². The van der Waals surface area contributed by atoms with E-state index in [1.54, 1.807) is 33.9 Å². The normalized spacial score (nSPS) is 14.1. The summed E-state index contributed by atoms with van der Waals surface area (Å²) in [5.74, 6) is 2.78. The Morgan fingerprint density at radius 3 is 3.00 bits per heavy atom. The highest BCUT2D eigenvalue weighted by atomic mass is 32.2. The maximum atomic E-state index is 13.3.